The van der Waals surface area contributed by atoms with E-state index in [0.29, 0.717) is 29.3 Å². The van der Waals surface area contributed by atoms with Crippen molar-refractivity contribution in [1.82, 2.24) is 25.4 Å². The van der Waals surface area contributed by atoms with Gasteiger partial charge in [0, 0.05) is 18.7 Å². The number of aromatic nitrogens is 4. The summed E-state index contributed by atoms with van der Waals surface area (Å²) in [5.74, 6) is 2.69. The van der Waals surface area contributed by atoms with E-state index in [0.717, 1.165) is 25.3 Å². The highest BCUT2D eigenvalue weighted by molar-refractivity contribution is 5.46. The Bertz CT molecular complexity index is 593. The Morgan fingerprint density at radius 1 is 1.38 bits per heavy atom. The summed E-state index contributed by atoms with van der Waals surface area (Å²) in [5, 5.41) is 7.62. The van der Waals surface area contributed by atoms with Crippen molar-refractivity contribution in [3.63, 3.8) is 0 Å². The molecule has 0 radical (unpaired) electrons. The number of nitrogens with zero attached hydrogens (tertiary/aromatic N) is 4. The lowest BCUT2D eigenvalue weighted by Crippen LogP contribution is -2.33. The number of aryl methyl sites for hydroxylation is 1. The predicted molar refractivity (Wildman–Crippen MR) is 78.6 cm³/mol. The molecule has 1 unspecified atom stereocenters. The Kier molecular flexibility index (Phi) is 4.24. The highest BCUT2D eigenvalue weighted by atomic mass is 16.5. The van der Waals surface area contributed by atoms with E-state index in [1.165, 1.54) is 12.8 Å². The maximum absolute atomic E-state index is 5.39. The molecule has 1 atom stereocenters. The number of hydrogen-bond donors (Lipinski definition) is 1. The van der Waals surface area contributed by atoms with Gasteiger partial charge in [-0.2, -0.15) is 4.98 Å². The first-order valence-electron chi connectivity index (χ1n) is 7.62. The molecule has 6 heteroatoms. The molecule has 0 spiro atoms. The van der Waals surface area contributed by atoms with Crippen LogP contribution >= 0.6 is 0 Å². The van der Waals surface area contributed by atoms with Crippen LogP contribution < -0.4 is 5.32 Å². The summed E-state index contributed by atoms with van der Waals surface area (Å²) in [7, 11) is 0. The van der Waals surface area contributed by atoms with Gasteiger partial charge in [0.05, 0.1) is 0 Å². The summed E-state index contributed by atoms with van der Waals surface area (Å²) in [5.41, 5.74) is 0.710. The molecule has 0 saturated heterocycles. The highest BCUT2D eigenvalue weighted by Crippen LogP contribution is 2.34. The molecule has 6 nitrogen and oxygen atoms in total. The van der Waals surface area contributed by atoms with Gasteiger partial charge in [-0.05, 0) is 44.7 Å². The van der Waals surface area contributed by atoms with Crippen LogP contribution in [0.3, 0.4) is 0 Å². The molecule has 0 bridgehead atoms. The van der Waals surface area contributed by atoms with Crippen molar-refractivity contribution in [2.75, 3.05) is 6.54 Å². The van der Waals surface area contributed by atoms with Crippen LogP contribution in [0.1, 0.15) is 37.9 Å². The van der Waals surface area contributed by atoms with E-state index in [1.54, 1.807) is 12.3 Å². The average molecular weight is 287 g/mol. The Morgan fingerprint density at radius 2 is 2.24 bits per heavy atom. The minimum Gasteiger partial charge on any atom is -0.339 e. The molecule has 1 aliphatic carbocycles. The van der Waals surface area contributed by atoms with Crippen LogP contribution in [-0.2, 0) is 6.42 Å². The van der Waals surface area contributed by atoms with Crippen LogP contribution in [0, 0.1) is 12.8 Å². The van der Waals surface area contributed by atoms with Crippen molar-refractivity contribution in [3.05, 3.63) is 24.0 Å². The van der Waals surface area contributed by atoms with Crippen molar-refractivity contribution < 1.29 is 4.52 Å². The van der Waals surface area contributed by atoms with Crippen LogP contribution in [-0.4, -0.2) is 32.7 Å². The standard InChI is InChI=1S/C15H21N5O/c1-3-7-17-13(11-4-5-11)9-14-19-15(20-21-14)12-6-8-16-10(2)18-12/h6,8,11,13,17H,3-5,7,9H2,1-2H3. The van der Waals surface area contributed by atoms with E-state index < -0.39 is 0 Å². The molecule has 3 rings (SSSR count). The van der Waals surface area contributed by atoms with E-state index in [4.69, 9.17) is 4.52 Å². The summed E-state index contributed by atoms with van der Waals surface area (Å²) in [6.45, 7) is 5.06. The summed E-state index contributed by atoms with van der Waals surface area (Å²) in [4.78, 5) is 12.9. The normalized spacial score (nSPS) is 16.1. The van der Waals surface area contributed by atoms with Crippen LogP contribution in [0.2, 0.25) is 0 Å². The molecule has 2 heterocycles. The fourth-order valence-corrected chi connectivity index (χ4v) is 2.44. The van der Waals surface area contributed by atoms with Gasteiger partial charge in [0.2, 0.25) is 11.7 Å². The van der Waals surface area contributed by atoms with E-state index in [-0.39, 0.29) is 0 Å². The second kappa shape index (κ2) is 6.30. The zero-order valence-electron chi connectivity index (χ0n) is 12.5. The van der Waals surface area contributed by atoms with E-state index in [2.05, 4.69) is 32.3 Å². The van der Waals surface area contributed by atoms with Crippen LogP contribution in [0.25, 0.3) is 11.5 Å². The lowest BCUT2D eigenvalue weighted by atomic mass is 10.1. The minimum atomic E-state index is 0.449. The summed E-state index contributed by atoms with van der Waals surface area (Å²) >= 11 is 0. The fourth-order valence-electron chi connectivity index (χ4n) is 2.44. The van der Waals surface area contributed by atoms with Gasteiger partial charge in [-0.15, -0.1) is 0 Å². The van der Waals surface area contributed by atoms with Gasteiger partial charge in [-0.3, -0.25) is 0 Å². The first-order chi connectivity index (χ1) is 10.3. The van der Waals surface area contributed by atoms with E-state index >= 15 is 0 Å². The number of nitrogens with one attached hydrogen (secondary N) is 1. The molecule has 1 aliphatic rings. The molecule has 0 amide bonds. The van der Waals surface area contributed by atoms with Crippen molar-refractivity contribution in [3.8, 4) is 11.5 Å². The van der Waals surface area contributed by atoms with E-state index in [1.807, 2.05) is 6.92 Å². The first kappa shape index (κ1) is 14.1. The summed E-state index contributed by atoms with van der Waals surface area (Å²) in [6, 6.07) is 2.25. The van der Waals surface area contributed by atoms with Gasteiger partial charge < -0.3 is 9.84 Å². The molecule has 1 saturated carbocycles. The second-order valence-electron chi connectivity index (χ2n) is 5.60. The topological polar surface area (TPSA) is 76.7 Å². The Labute approximate surface area is 124 Å². The van der Waals surface area contributed by atoms with Gasteiger partial charge in [0.1, 0.15) is 11.5 Å². The van der Waals surface area contributed by atoms with Crippen molar-refractivity contribution in [2.24, 2.45) is 5.92 Å². The number of hydrogen-bond acceptors (Lipinski definition) is 6. The molecule has 112 valence electrons. The van der Waals surface area contributed by atoms with Crippen molar-refractivity contribution >= 4 is 0 Å². The third kappa shape index (κ3) is 3.64. The van der Waals surface area contributed by atoms with Crippen LogP contribution in [0.5, 0.6) is 0 Å². The molecule has 0 aromatic carbocycles. The van der Waals surface area contributed by atoms with Gasteiger partial charge in [-0.1, -0.05) is 12.1 Å². The average Bonchev–Trinajstić information content (AvgIpc) is 3.22. The molecule has 1 N–H and O–H groups in total. The monoisotopic (exact) mass is 287 g/mol. The Morgan fingerprint density at radius 3 is 2.95 bits per heavy atom. The van der Waals surface area contributed by atoms with E-state index in [9.17, 15) is 0 Å². The first-order valence-corrected chi connectivity index (χ1v) is 7.62. The highest BCUT2D eigenvalue weighted by Gasteiger charge is 2.32. The maximum Gasteiger partial charge on any atom is 0.228 e. The molecule has 21 heavy (non-hydrogen) atoms. The van der Waals surface area contributed by atoms with Crippen LogP contribution in [0.15, 0.2) is 16.8 Å². The SMILES string of the molecule is CCCNC(Cc1nc(-c2ccnc(C)n2)no1)C1CC1. The Balaban J connectivity index is 1.69. The maximum atomic E-state index is 5.39. The Hall–Kier alpha value is -1.82. The van der Waals surface area contributed by atoms with Crippen molar-refractivity contribution in [2.45, 2.75) is 45.6 Å². The van der Waals surface area contributed by atoms with Gasteiger partial charge >= 0.3 is 0 Å². The molecule has 0 aliphatic heterocycles. The fraction of sp³-hybridized carbons (Fsp3) is 0.600. The molecular formula is C15H21N5O. The minimum absolute atomic E-state index is 0.449. The number of rotatable bonds is 7. The molecule has 2 aromatic heterocycles. The van der Waals surface area contributed by atoms with Gasteiger partial charge in [0.15, 0.2) is 0 Å². The molecular weight excluding hydrogens is 266 g/mol. The lowest BCUT2D eigenvalue weighted by molar-refractivity contribution is 0.346. The molecule has 2 aromatic rings. The summed E-state index contributed by atoms with van der Waals surface area (Å²) < 4.78 is 5.39. The molecule has 1 fully saturated rings. The van der Waals surface area contributed by atoms with Gasteiger partial charge in [-0.25, -0.2) is 9.97 Å². The third-order valence-corrected chi connectivity index (χ3v) is 3.72. The van der Waals surface area contributed by atoms with Gasteiger partial charge in [0.25, 0.3) is 0 Å². The second-order valence-corrected chi connectivity index (χ2v) is 5.60. The smallest absolute Gasteiger partial charge is 0.228 e. The summed E-state index contributed by atoms with van der Waals surface area (Å²) in [6.07, 6.45) is 6.24. The predicted octanol–water partition coefficient (Wildman–Crippen LogP) is 2.16. The lowest BCUT2D eigenvalue weighted by Gasteiger charge is -2.15. The third-order valence-electron chi connectivity index (χ3n) is 3.72. The van der Waals surface area contributed by atoms with Crippen LogP contribution in [0.4, 0.5) is 0 Å². The van der Waals surface area contributed by atoms with Crippen molar-refractivity contribution in [1.29, 1.82) is 0 Å². The zero-order chi connectivity index (χ0) is 14.7. The quantitative estimate of drug-likeness (QED) is 0.841. The zero-order valence-corrected chi connectivity index (χ0v) is 12.5. The largest absolute Gasteiger partial charge is 0.339 e.